The summed E-state index contributed by atoms with van der Waals surface area (Å²) < 4.78 is 5.47. The second-order valence-corrected chi connectivity index (χ2v) is 10.3. The molecule has 3 aliphatic rings. The van der Waals surface area contributed by atoms with E-state index in [1.54, 1.807) is 7.11 Å². The Hall–Kier alpha value is -2.40. The lowest BCUT2D eigenvalue weighted by Crippen LogP contribution is -2.56. The van der Waals surface area contributed by atoms with Gasteiger partial charge in [-0.25, -0.2) is 0 Å². The molecule has 2 aromatic rings. The third-order valence-corrected chi connectivity index (χ3v) is 8.01. The molecular formula is C27H34ClN3O2. The molecule has 2 aliphatic carbocycles. The highest BCUT2D eigenvalue weighted by molar-refractivity contribution is 6.30. The first-order chi connectivity index (χ1) is 16.1. The topological polar surface area (TPSA) is 62.4 Å². The minimum Gasteiger partial charge on any atom is -0.497 e. The van der Waals surface area contributed by atoms with Gasteiger partial charge in [-0.15, -0.1) is 0 Å². The molecule has 2 saturated carbocycles. The van der Waals surface area contributed by atoms with E-state index < -0.39 is 5.66 Å². The van der Waals surface area contributed by atoms with Crippen molar-refractivity contribution in [2.45, 2.75) is 69.5 Å². The Balaban J connectivity index is 1.56. The zero-order valence-corrected chi connectivity index (χ0v) is 20.1. The number of hydrogen-bond donors (Lipinski definition) is 3. The number of fused-ring (bicyclic) bond motifs is 1. The van der Waals surface area contributed by atoms with E-state index in [1.165, 1.54) is 32.1 Å². The highest BCUT2D eigenvalue weighted by atomic mass is 35.5. The molecule has 0 saturated heterocycles. The Labute approximate surface area is 201 Å². The van der Waals surface area contributed by atoms with E-state index in [-0.39, 0.29) is 17.9 Å². The first kappa shape index (κ1) is 22.4. The fourth-order valence-corrected chi connectivity index (χ4v) is 6.23. The number of rotatable bonds is 6. The van der Waals surface area contributed by atoms with Gasteiger partial charge in [-0.3, -0.25) is 4.79 Å². The van der Waals surface area contributed by atoms with Crippen LogP contribution in [0.15, 0.2) is 42.5 Å². The summed E-state index contributed by atoms with van der Waals surface area (Å²) >= 11 is 6.25. The van der Waals surface area contributed by atoms with Gasteiger partial charge in [0.05, 0.1) is 24.4 Å². The number of carbonyl (C=O) groups excluding carboxylic acids is 1. The molecule has 1 aliphatic heterocycles. The minimum absolute atomic E-state index is 0.156. The van der Waals surface area contributed by atoms with Gasteiger partial charge in [0, 0.05) is 17.1 Å². The first-order valence-corrected chi connectivity index (χ1v) is 12.8. The van der Waals surface area contributed by atoms with Gasteiger partial charge in [-0.2, -0.15) is 0 Å². The molecule has 1 amide bonds. The molecule has 33 heavy (non-hydrogen) atoms. The van der Waals surface area contributed by atoms with Crippen molar-refractivity contribution in [3.8, 4) is 5.75 Å². The van der Waals surface area contributed by atoms with Crippen LogP contribution in [0.2, 0.25) is 5.02 Å². The zero-order chi connectivity index (χ0) is 22.8. The van der Waals surface area contributed by atoms with Gasteiger partial charge in [0.2, 0.25) is 5.91 Å². The summed E-state index contributed by atoms with van der Waals surface area (Å²) in [5, 5.41) is 11.7. The molecule has 0 spiro atoms. The van der Waals surface area contributed by atoms with Crippen molar-refractivity contribution < 1.29 is 9.53 Å². The number of anilines is 2. The number of halogens is 1. The summed E-state index contributed by atoms with van der Waals surface area (Å²) in [7, 11) is 1.68. The molecule has 5 nitrogen and oxygen atoms in total. The minimum atomic E-state index is -0.743. The highest BCUT2D eigenvalue weighted by Gasteiger charge is 2.52. The molecular weight excluding hydrogens is 434 g/mol. The molecule has 0 aromatic heterocycles. The van der Waals surface area contributed by atoms with E-state index in [1.807, 2.05) is 42.5 Å². The quantitative estimate of drug-likeness (QED) is 0.466. The van der Waals surface area contributed by atoms with Gasteiger partial charge < -0.3 is 20.7 Å². The van der Waals surface area contributed by atoms with Gasteiger partial charge in [0.25, 0.3) is 0 Å². The Kier molecular flexibility index (Phi) is 6.42. The highest BCUT2D eigenvalue weighted by Crippen LogP contribution is 2.50. The second kappa shape index (κ2) is 9.46. The molecule has 5 rings (SSSR count). The number of benzene rings is 2. The van der Waals surface area contributed by atoms with Crippen LogP contribution >= 0.6 is 11.6 Å². The maximum Gasteiger partial charge on any atom is 0.228 e. The van der Waals surface area contributed by atoms with Gasteiger partial charge in [0.1, 0.15) is 11.4 Å². The predicted octanol–water partition coefficient (Wildman–Crippen LogP) is 6.29. The van der Waals surface area contributed by atoms with Crippen LogP contribution in [0.4, 0.5) is 11.4 Å². The lowest BCUT2D eigenvalue weighted by Gasteiger charge is -2.42. The number of carbonyl (C=O) groups is 1. The summed E-state index contributed by atoms with van der Waals surface area (Å²) in [4.78, 5) is 14.1. The van der Waals surface area contributed by atoms with Crippen LogP contribution in [0.25, 0.3) is 0 Å². The van der Waals surface area contributed by atoms with Gasteiger partial charge in [-0.05, 0) is 61.4 Å². The fraction of sp³-hybridized carbons (Fsp3) is 0.519. The standard InChI is InChI=1S/C27H34ClN3O2/c1-33-22-15-16-23-24(17-22)31-27(30-23,19-11-13-20(28)14-12-19)25(18-7-5-6-8-18)26(32)29-21-9-3-2-4-10-21/h11-18,21,25,30-31H,2-10H2,1H3,(H,29,32). The van der Waals surface area contributed by atoms with Crippen molar-refractivity contribution >= 4 is 28.9 Å². The average Bonchev–Trinajstić information content (AvgIpc) is 3.48. The molecule has 2 unspecified atom stereocenters. The van der Waals surface area contributed by atoms with Crippen LogP contribution in [-0.4, -0.2) is 19.1 Å². The lowest BCUT2D eigenvalue weighted by atomic mass is 9.75. The van der Waals surface area contributed by atoms with Gasteiger partial charge in [-0.1, -0.05) is 55.8 Å². The maximum absolute atomic E-state index is 14.1. The summed E-state index contributed by atoms with van der Waals surface area (Å²) in [6.45, 7) is 0. The summed E-state index contributed by atoms with van der Waals surface area (Å²) in [6, 6.07) is 14.2. The van der Waals surface area contributed by atoms with Crippen LogP contribution in [0.1, 0.15) is 63.4 Å². The molecule has 2 atom stereocenters. The number of ether oxygens (including phenoxy) is 1. The Morgan fingerprint density at radius 1 is 0.970 bits per heavy atom. The van der Waals surface area contributed by atoms with Gasteiger partial charge in [0.15, 0.2) is 0 Å². The first-order valence-electron chi connectivity index (χ1n) is 12.4. The monoisotopic (exact) mass is 467 g/mol. The third kappa shape index (κ3) is 4.40. The van der Waals surface area contributed by atoms with Crippen LogP contribution in [0.3, 0.4) is 0 Å². The van der Waals surface area contributed by atoms with Crippen molar-refractivity contribution in [3.63, 3.8) is 0 Å². The number of methoxy groups -OCH3 is 1. The van der Waals surface area contributed by atoms with Crippen molar-refractivity contribution in [1.82, 2.24) is 5.32 Å². The Morgan fingerprint density at radius 2 is 1.64 bits per heavy atom. The number of nitrogens with one attached hydrogen (secondary N) is 3. The van der Waals surface area contributed by atoms with Crippen molar-refractivity contribution in [2.75, 3.05) is 17.7 Å². The Bertz CT molecular complexity index is 983. The van der Waals surface area contributed by atoms with E-state index in [9.17, 15) is 4.79 Å². The second-order valence-electron chi connectivity index (χ2n) is 9.84. The van der Waals surface area contributed by atoms with E-state index >= 15 is 0 Å². The molecule has 0 radical (unpaired) electrons. The molecule has 0 bridgehead atoms. The van der Waals surface area contributed by atoms with Crippen LogP contribution in [-0.2, 0) is 10.5 Å². The van der Waals surface area contributed by atoms with E-state index in [2.05, 4.69) is 16.0 Å². The Morgan fingerprint density at radius 3 is 2.33 bits per heavy atom. The van der Waals surface area contributed by atoms with Crippen molar-refractivity contribution in [2.24, 2.45) is 11.8 Å². The van der Waals surface area contributed by atoms with Crippen molar-refractivity contribution in [1.29, 1.82) is 0 Å². The number of hydrogen-bond acceptors (Lipinski definition) is 4. The lowest BCUT2D eigenvalue weighted by molar-refractivity contribution is -0.129. The van der Waals surface area contributed by atoms with E-state index in [0.29, 0.717) is 10.9 Å². The molecule has 6 heteroatoms. The van der Waals surface area contributed by atoms with Crippen LogP contribution in [0, 0.1) is 11.8 Å². The summed E-state index contributed by atoms with van der Waals surface area (Å²) in [5.41, 5.74) is 2.22. The zero-order valence-electron chi connectivity index (χ0n) is 19.3. The molecule has 3 N–H and O–H groups in total. The average molecular weight is 468 g/mol. The predicted molar refractivity (Wildman–Crippen MR) is 134 cm³/mol. The smallest absolute Gasteiger partial charge is 0.228 e. The molecule has 1 heterocycles. The molecule has 2 aromatic carbocycles. The van der Waals surface area contributed by atoms with Gasteiger partial charge >= 0.3 is 0 Å². The van der Waals surface area contributed by atoms with Crippen LogP contribution in [0.5, 0.6) is 5.75 Å². The SMILES string of the molecule is COc1ccc2c(c1)NC(c1ccc(Cl)cc1)(C(C(=O)NC1CCCCC1)C1CCCC1)N2. The third-order valence-electron chi connectivity index (χ3n) is 7.76. The fourth-order valence-electron chi connectivity index (χ4n) is 6.10. The molecule has 2 fully saturated rings. The summed E-state index contributed by atoms with van der Waals surface area (Å²) in [6.07, 6.45) is 10.3. The van der Waals surface area contributed by atoms with E-state index in [4.69, 9.17) is 16.3 Å². The van der Waals surface area contributed by atoms with Crippen LogP contribution < -0.4 is 20.7 Å². The van der Waals surface area contributed by atoms with E-state index in [0.717, 1.165) is 48.4 Å². The molecule has 176 valence electrons. The normalized spacial score (nSPS) is 23.9. The largest absolute Gasteiger partial charge is 0.497 e. The summed E-state index contributed by atoms with van der Waals surface area (Å²) in [5.74, 6) is 1.00. The van der Waals surface area contributed by atoms with Crippen molar-refractivity contribution in [3.05, 3.63) is 53.1 Å². The maximum atomic E-state index is 14.1. The number of amides is 1.